The lowest BCUT2D eigenvalue weighted by atomic mass is 10.1. The first-order valence-electron chi connectivity index (χ1n) is 7.35. The van der Waals surface area contributed by atoms with Crippen LogP contribution in [0.15, 0.2) is 46.0 Å². The fourth-order valence-corrected chi connectivity index (χ4v) is 2.10. The molecule has 1 aromatic heterocycles. The number of nitrogens with zero attached hydrogens (tertiary/aromatic N) is 3. The zero-order chi connectivity index (χ0) is 18.2. The Morgan fingerprint density at radius 2 is 1.92 bits per heavy atom. The first-order valence-corrected chi connectivity index (χ1v) is 7.35. The van der Waals surface area contributed by atoms with Crippen molar-refractivity contribution >= 4 is 5.69 Å². The minimum absolute atomic E-state index is 0.168. The lowest BCUT2D eigenvalue weighted by molar-refractivity contribution is 0.248. The Bertz CT molecular complexity index is 907. The molecule has 0 radical (unpaired) electrons. The van der Waals surface area contributed by atoms with Crippen molar-refractivity contribution in [3.8, 4) is 35.3 Å². The second-order valence-electron chi connectivity index (χ2n) is 4.78. The van der Waals surface area contributed by atoms with Crippen molar-refractivity contribution in [3.63, 3.8) is 0 Å². The van der Waals surface area contributed by atoms with E-state index in [0.717, 1.165) is 0 Å². The van der Waals surface area contributed by atoms with Crippen molar-refractivity contribution < 1.29 is 14.3 Å². The molecular formula is C18H14N4O3. The van der Waals surface area contributed by atoms with Crippen LogP contribution in [0.1, 0.15) is 12.7 Å². The van der Waals surface area contributed by atoms with Gasteiger partial charge in [0, 0.05) is 5.56 Å². The third-order valence-electron chi connectivity index (χ3n) is 3.23. The van der Waals surface area contributed by atoms with Gasteiger partial charge < -0.3 is 19.6 Å². The van der Waals surface area contributed by atoms with Gasteiger partial charge >= 0.3 is 0 Å². The summed E-state index contributed by atoms with van der Waals surface area (Å²) >= 11 is 0. The van der Waals surface area contributed by atoms with Crippen molar-refractivity contribution in [1.82, 2.24) is 0 Å². The molecule has 2 aromatic rings. The van der Waals surface area contributed by atoms with Gasteiger partial charge in [-0.2, -0.15) is 15.8 Å². The zero-order valence-corrected chi connectivity index (χ0v) is 13.4. The number of aliphatic hydroxyl groups excluding tert-OH is 1. The molecule has 7 heteroatoms. The third-order valence-corrected chi connectivity index (χ3v) is 3.23. The van der Waals surface area contributed by atoms with E-state index in [0.29, 0.717) is 35.1 Å². The predicted octanol–water partition coefficient (Wildman–Crippen LogP) is 3.07. The molecule has 1 heterocycles. The van der Waals surface area contributed by atoms with Crippen LogP contribution < -0.4 is 10.1 Å². The molecule has 0 atom stereocenters. The molecule has 0 saturated carbocycles. The molecular weight excluding hydrogens is 320 g/mol. The number of aliphatic hydroxyl groups is 1. The highest BCUT2D eigenvalue weighted by atomic mass is 16.5. The van der Waals surface area contributed by atoms with Crippen LogP contribution in [0.3, 0.4) is 0 Å². The van der Waals surface area contributed by atoms with Gasteiger partial charge in [0.2, 0.25) is 0 Å². The van der Waals surface area contributed by atoms with Gasteiger partial charge in [-0.1, -0.05) is 0 Å². The van der Waals surface area contributed by atoms with E-state index in [-0.39, 0.29) is 17.9 Å². The van der Waals surface area contributed by atoms with Gasteiger partial charge in [-0.25, -0.2) is 0 Å². The van der Waals surface area contributed by atoms with Crippen molar-refractivity contribution in [3.05, 3.63) is 47.4 Å². The van der Waals surface area contributed by atoms with Crippen LogP contribution in [-0.4, -0.2) is 11.7 Å². The normalized spacial score (nSPS) is 9.40. The number of nitriles is 3. The summed E-state index contributed by atoms with van der Waals surface area (Å²) in [6.45, 7) is 2.00. The Morgan fingerprint density at radius 1 is 1.16 bits per heavy atom. The molecule has 0 aliphatic carbocycles. The second-order valence-corrected chi connectivity index (χ2v) is 4.78. The van der Waals surface area contributed by atoms with E-state index < -0.39 is 0 Å². The zero-order valence-electron chi connectivity index (χ0n) is 13.4. The summed E-state index contributed by atoms with van der Waals surface area (Å²) in [4.78, 5) is 0. The Balaban J connectivity index is 2.49. The van der Waals surface area contributed by atoms with Crippen LogP contribution in [0.4, 0.5) is 5.69 Å². The van der Waals surface area contributed by atoms with Crippen molar-refractivity contribution in [1.29, 1.82) is 15.8 Å². The van der Waals surface area contributed by atoms with E-state index in [1.807, 2.05) is 6.92 Å². The maximum absolute atomic E-state index is 9.20. The Kier molecular flexibility index (Phi) is 5.79. The monoisotopic (exact) mass is 334 g/mol. The van der Waals surface area contributed by atoms with Crippen LogP contribution in [-0.2, 0) is 6.61 Å². The lowest BCUT2D eigenvalue weighted by Crippen LogP contribution is -2.04. The number of allylic oxidation sites excluding steroid dienone is 2. The van der Waals surface area contributed by atoms with Gasteiger partial charge in [0.1, 0.15) is 47.8 Å². The standard InChI is InChI=1S/C18H14N4O3/c1-2-24-18-5-3-12(17-6-4-14(11-23)25-17)7-15(18)22-16(10-21)13(8-19)9-20/h3-7,22-23H,2,11H2,1H3. The van der Waals surface area contributed by atoms with Gasteiger partial charge in [0.25, 0.3) is 0 Å². The summed E-state index contributed by atoms with van der Waals surface area (Å²) in [5.74, 6) is 1.41. The van der Waals surface area contributed by atoms with Crippen LogP contribution in [0.25, 0.3) is 11.3 Å². The average Bonchev–Trinajstić information content (AvgIpc) is 3.12. The van der Waals surface area contributed by atoms with E-state index >= 15 is 0 Å². The van der Waals surface area contributed by atoms with Gasteiger partial charge in [0.05, 0.1) is 12.3 Å². The lowest BCUT2D eigenvalue weighted by Gasteiger charge is -2.13. The molecule has 2 N–H and O–H groups in total. The van der Waals surface area contributed by atoms with Crippen molar-refractivity contribution in [2.75, 3.05) is 11.9 Å². The molecule has 0 amide bonds. The summed E-state index contributed by atoms with van der Waals surface area (Å²) in [6, 6.07) is 13.7. The van der Waals surface area contributed by atoms with Crippen LogP contribution >= 0.6 is 0 Å². The van der Waals surface area contributed by atoms with E-state index in [2.05, 4.69) is 5.32 Å². The minimum Gasteiger partial charge on any atom is -0.492 e. The minimum atomic E-state index is -0.323. The van der Waals surface area contributed by atoms with E-state index in [1.165, 1.54) is 0 Å². The van der Waals surface area contributed by atoms with Crippen LogP contribution in [0.2, 0.25) is 0 Å². The maximum atomic E-state index is 9.20. The Labute approximate surface area is 144 Å². The number of benzene rings is 1. The first kappa shape index (κ1) is 17.6. The predicted molar refractivity (Wildman–Crippen MR) is 88.7 cm³/mol. The van der Waals surface area contributed by atoms with Gasteiger partial charge in [-0.15, -0.1) is 0 Å². The SMILES string of the molecule is CCOc1ccc(-c2ccc(CO)o2)cc1NC(C#N)=C(C#N)C#N. The summed E-state index contributed by atoms with van der Waals surface area (Å²) in [5.41, 5.74) is 0.605. The Morgan fingerprint density at radius 3 is 2.48 bits per heavy atom. The van der Waals surface area contributed by atoms with Gasteiger partial charge in [0.15, 0.2) is 5.57 Å². The van der Waals surface area contributed by atoms with Crippen molar-refractivity contribution in [2.45, 2.75) is 13.5 Å². The molecule has 0 spiro atoms. The fourth-order valence-electron chi connectivity index (χ4n) is 2.10. The quantitative estimate of drug-likeness (QED) is 0.777. The number of anilines is 1. The molecule has 2 rings (SSSR count). The van der Waals surface area contributed by atoms with Crippen LogP contribution in [0, 0.1) is 34.0 Å². The molecule has 0 fully saturated rings. The Hall–Kier alpha value is -3.73. The number of nitrogens with one attached hydrogen (secondary N) is 1. The number of furan rings is 1. The highest BCUT2D eigenvalue weighted by Gasteiger charge is 2.13. The summed E-state index contributed by atoms with van der Waals surface area (Å²) in [6.07, 6.45) is 0. The highest BCUT2D eigenvalue weighted by molar-refractivity contribution is 5.72. The van der Waals surface area contributed by atoms with E-state index in [4.69, 9.17) is 24.8 Å². The summed E-state index contributed by atoms with van der Waals surface area (Å²) in [5, 5.41) is 39.0. The molecule has 0 bridgehead atoms. The molecule has 124 valence electrons. The number of hydrogen-bond donors (Lipinski definition) is 2. The molecule has 0 aliphatic heterocycles. The number of hydrogen-bond acceptors (Lipinski definition) is 7. The summed E-state index contributed by atoms with van der Waals surface area (Å²) in [7, 11) is 0. The van der Waals surface area contributed by atoms with E-state index in [1.54, 1.807) is 48.5 Å². The second kappa shape index (κ2) is 8.21. The topological polar surface area (TPSA) is 126 Å². The van der Waals surface area contributed by atoms with E-state index in [9.17, 15) is 5.26 Å². The number of rotatable bonds is 6. The fraction of sp³-hybridized carbons (Fsp3) is 0.167. The maximum Gasteiger partial charge on any atom is 0.163 e. The van der Waals surface area contributed by atoms with Gasteiger partial charge in [-0.05, 0) is 37.3 Å². The van der Waals surface area contributed by atoms with Gasteiger partial charge in [-0.3, -0.25) is 0 Å². The largest absolute Gasteiger partial charge is 0.492 e. The number of ether oxygens (including phenoxy) is 1. The molecule has 1 aromatic carbocycles. The molecule has 25 heavy (non-hydrogen) atoms. The molecule has 0 unspecified atom stereocenters. The molecule has 7 nitrogen and oxygen atoms in total. The summed E-state index contributed by atoms with van der Waals surface area (Å²) < 4.78 is 11.0. The van der Waals surface area contributed by atoms with Crippen molar-refractivity contribution in [2.24, 2.45) is 0 Å². The highest BCUT2D eigenvalue weighted by Crippen LogP contribution is 2.33. The smallest absolute Gasteiger partial charge is 0.163 e. The van der Waals surface area contributed by atoms with Crippen LogP contribution in [0.5, 0.6) is 5.75 Å². The molecule has 0 aliphatic rings. The average molecular weight is 334 g/mol. The molecule has 0 saturated heterocycles. The first-order chi connectivity index (χ1) is 12.2. The third kappa shape index (κ3) is 3.97.